The number of benzene rings is 1. The summed E-state index contributed by atoms with van der Waals surface area (Å²) in [7, 11) is 0. The second-order valence-electron chi connectivity index (χ2n) is 4.55. The zero-order valence-electron chi connectivity index (χ0n) is 10.0. The molecule has 0 radical (unpaired) electrons. The topological polar surface area (TPSA) is 62.2 Å². The largest absolute Gasteiger partial charge is 0.387 e. The molecule has 17 heavy (non-hydrogen) atoms. The average Bonchev–Trinajstić information content (AvgIpc) is 2.38. The number of amidine groups is 1. The lowest BCUT2D eigenvalue weighted by Gasteiger charge is -2.22. The maximum atomic E-state index is 7.90. The second kappa shape index (κ2) is 5.62. The lowest BCUT2D eigenvalue weighted by Crippen LogP contribution is -2.32. The molecule has 1 unspecified atom stereocenters. The van der Waals surface area contributed by atoms with Gasteiger partial charge in [-0.2, -0.15) is 0 Å². The van der Waals surface area contributed by atoms with Gasteiger partial charge in [-0.3, -0.25) is 4.99 Å². The first kappa shape index (κ1) is 11.8. The molecule has 2 rings (SSSR count). The summed E-state index contributed by atoms with van der Waals surface area (Å²) in [5.74, 6) is 0.728. The summed E-state index contributed by atoms with van der Waals surface area (Å²) < 4.78 is 0. The molecule has 1 aromatic carbocycles. The normalized spacial score (nSPS) is 21.5. The molecule has 1 atom stereocenters. The lowest BCUT2D eigenvalue weighted by molar-refractivity contribution is 0.605. The van der Waals surface area contributed by atoms with Crippen molar-refractivity contribution >= 4 is 11.5 Å². The molecule has 90 valence electrons. The highest BCUT2D eigenvalue weighted by molar-refractivity contribution is 6.04. The first-order valence-corrected chi connectivity index (χ1v) is 6.18. The van der Waals surface area contributed by atoms with Crippen LogP contribution in [0.3, 0.4) is 0 Å². The zero-order valence-corrected chi connectivity index (χ0v) is 10.0. The Morgan fingerprint density at radius 2 is 2.06 bits per heavy atom. The Kier molecular flexibility index (Phi) is 3.91. The molecule has 1 saturated carbocycles. The van der Waals surface area contributed by atoms with Crippen molar-refractivity contribution in [3.63, 3.8) is 0 Å². The highest BCUT2D eigenvalue weighted by atomic mass is 14.9. The SMILES string of the molecule is N=C1CCCCC1C(N)=NCc1ccccc1. The van der Waals surface area contributed by atoms with Crippen LogP contribution in [0.1, 0.15) is 31.2 Å². The number of nitrogens with two attached hydrogens (primary N) is 1. The number of aliphatic imine (C=N–C) groups is 1. The predicted octanol–water partition coefficient (Wildman–Crippen LogP) is 2.75. The predicted molar refractivity (Wildman–Crippen MR) is 71.5 cm³/mol. The van der Waals surface area contributed by atoms with Gasteiger partial charge in [0.2, 0.25) is 0 Å². The van der Waals surface area contributed by atoms with Crippen molar-refractivity contribution in [3.05, 3.63) is 35.9 Å². The summed E-state index contributed by atoms with van der Waals surface area (Å²) in [5, 5.41) is 7.90. The van der Waals surface area contributed by atoms with E-state index in [0.717, 1.165) is 37.0 Å². The van der Waals surface area contributed by atoms with Crippen LogP contribution in [-0.4, -0.2) is 11.5 Å². The minimum Gasteiger partial charge on any atom is -0.387 e. The smallest absolute Gasteiger partial charge is 0.103 e. The van der Waals surface area contributed by atoms with E-state index in [2.05, 4.69) is 4.99 Å². The molecule has 3 N–H and O–H groups in total. The third-order valence-electron chi connectivity index (χ3n) is 3.25. The molecule has 1 aliphatic rings. The van der Waals surface area contributed by atoms with Gasteiger partial charge in [-0.05, 0) is 24.8 Å². The monoisotopic (exact) mass is 229 g/mol. The van der Waals surface area contributed by atoms with Crippen LogP contribution in [0.15, 0.2) is 35.3 Å². The fourth-order valence-corrected chi connectivity index (χ4v) is 2.21. The standard InChI is InChI=1S/C14H19N3/c15-13-9-5-4-8-12(13)14(16)17-10-11-6-2-1-3-7-11/h1-3,6-7,12,15H,4-5,8-10H2,(H2,16,17). The molecule has 1 aliphatic carbocycles. The van der Waals surface area contributed by atoms with Crippen molar-refractivity contribution in [2.24, 2.45) is 16.6 Å². The lowest BCUT2D eigenvalue weighted by atomic mass is 9.86. The molecule has 0 amide bonds. The Bertz CT molecular complexity index is 409. The Labute approximate surface area is 102 Å². The van der Waals surface area contributed by atoms with Gasteiger partial charge >= 0.3 is 0 Å². The van der Waals surface area contributed by atoms with Gasteiger partial charge in [0, 0.05) is 5.71 Å². The second-order valence-corrected chi connectivity index (χ2v) is 4.55. The van der Waals surface area contributed by atoms with Crippen molar-refractivity contribution in [1.29, 1.82) is 5.41 Å². The van der Waals surface area contributed by atoms with Crippen LogP contribution in [0.25, 0.3) is 0 Å². The van der Waals surface area contributed by atoms with Gasteiger partial charge in [0.15, 0.2) is 0 Å². The average molecular weight is 229 g/mol. The third kappa shape index (κ3) is 3.16. The van der Waals surface area contributed by atoms with E-state index >= 15 is 0 Å². The van der Waals surface area contributed by atoms with E-state index < -0.39 is 0 Å². The molecular formula is C14H19N3. The fourth-order valence-electron chi connectivity index (χ4n) is 2.21. The van der Waals surface area contributed by atoms with E-state index in [1.54, 1.807) is 0 Å². The van der Waals surface area contributed by atoms with Crippen LogP contribution in [0.5, 0.6) is 0 Å². The summed E-state index contributed by atoms with van der Waals surface area (Å²) >= 11 is 0. The maximum absolute atomic E-state index is 7.90. The van der Waals surface area contributed by atoms with Crippen molar-refractivity contribution in [2.45, 2.75) is 32.2 Å². The van der Waals surface area contributed by atoms with Gasteiger partial charge in [0.25, 0.3) is 0 Å². The minimum absolute atomic E-state index is 0.0902. The molecule has 0 heterocycles. The Balaban J connectivity index is 1.99. The van der Waals surface area contributed by atoms with Gasteiger partial charge in [-0.15, -0.1) is 0 Å². The van der Waals surface area contributed by atoms with E-state index in [9.17, 15) is 0 Å². The molecule has 0 spiro atoms. The maximum Gasteiger partial charge on any atom is 0.103 e. The highest BCUT2D eigenvalue weighted by Gasteiger charge is 2.21. The molecular weight excluding hydrogens is 210 g/mol. The summed E-state index contributed by atoms with van der Waals surface area (Å²) in [6.07, 6.45) is 4.16. The van der Waals surface area contributed by atoms with E-state index in [0.29, 0.717) is 12.4 Å². The van der Waals surface area contributed by atoms with Crippen LogP contribution < -0.4 is 5.73 Å². The van der Waals surface area contributed by atoms with E-state index in [1.807, 2.05) is 30.3 Å². The van der Waals surface area contributed by atoms with Crippen LogP contribution >= 0.6 is 0 Å². The number of nitrogens with zero attached hydrogens (tertiary/aromatic N) is 1. The molecule has 0 aliphatic heterocycles. The van der Waals surface area contributed by atoms with Gasteiger partial charge < -0.3 is 11.1 Å². The van der Waals surface area contributed by atoms with Crippen LogP contribution in [0.2, 0.25) is 0 Å². The molecule has 1 fully saturated rings. The number of nitrogens with one attached hydrogen (secondary N) is 1. The minimum atomic E-state index is 0.0902. The van der Waals surface area contributed by atoms with Crippen LogP contribution in [0.4, 0.5) is 0 Å². The summed E-state index contributed by atoms with van der Waals surface area (Å²) in [6, 6.07) is 10.1. The summed E-state index contributed by atoms with van der Waals surface area (Å²) in [6.45, 7) is 0.621. The quantitative estimate of drug-likeness (QED) is 0.607. The molecule has 3 heteroatoms. The van der Waals surface area contributed by atoms with Crippen molar-refractivity contribution in [3.8, 4) is 0 Å². The van der Waals surface area contributed by atoms with Crippen molar-refractivity contribution in [2.75, 3.05) is 0 Å². The van der Waals surface area contributed by atoms with Crippen LogP contribution in [0, 0.1) is 11.3 Å². The Hall–Kier alpha value is -1.64. The highest BCUT2D eigenvalue weighted by Crippen LogP contribution is 2.21. The number of rotatable bonds is 3. The fraction of sp³-hybridized carbons (Fsp3) is 0.429. The molecule has 0 bridgehead atoms. The molecule has 3 nitrogen and oxygen atoms in total. The van der Waals surface area contributed by atoms with Gasteiger partial charge in [-0.25, -0.2) is 0 Å². The summed E-state index contributed by atoms with van der Waals surface area (Å²) in [5.41, 5.74) is 7.92. The van der Waals surface area contributed by atoms with E-state index in [4.69, 9.17) is 11.1 Å². The zero-order chi connectivity index (χ0) is 12.1. The Morgan fingerprint density at radius 1 is 1.29 bits per heavy atom. The van der Waals surface area contributed by atoms with Crippen LogP contribution in [-0.2, 0) is 6.54 Å². The van der Waals surface area contributed by atoms with E-state index in [1.165, 1.54) is 0 Å². The first-order chi connectivity index (χ1) is 8.27. The van der Waals surface area contributed by atoms with Gasteiger partial charge in [0.05, 0.1) is 12.5 Å². The number of hydrogen-bond donors (Lipinski definition) is 2. The molecule has 0 aromatic heterocycles. The third-order valence-corrected chi connectivity index (χ3v) is 3.25. The van der Waals surface area contributed by atoms with Gasteiger partial charge in [0.1, 0.15) is 5.84 Å². The van der Waals surface area contributed by atoms with Gasteiger partial charge in [-0.1, -0.05) is 36.8 Å². The molecule has 1 aromatic rings. The Morgan fingerprint density at radius 3 is 2.76 bits per heavy atom. The molecule has 0 saturated heterocycles. The summed E-state index contributed by atoms with van der Waals surface area (Å²) in [4.78, 5) is 4.42. The first-order valence-electron chi connectivity index (χ1n) is 6.18. The number of hydrogen-bond acceptors (Lipinski definition) is 2. The van der Waals surface area contributed by atoms with Crippen molar-refractivity contribution < 1.29 is 0 Å². The van der Waals surface area contributed by atoms with Crippen molar-refractivity contribution in [1.82, 2.24) is 0 Å². The van der Waals surface area contributed by atoms with E-state index in [-0.39, 0.29) is 5.92 Å².